The van der Waals surface area contributed by atoms with Crippen molar-refractivity contribution in [2.24, 2.45) is 0 Å². The van der Waals surface area contributed by atoms with Gasteiger partial charge in [-0.15, -0.1) is 10.2 Å². The average molecular weight is 298 g/mol. The highest BCUT2D eigenvalue weighted by Gasteiger charge is 2.14. The van der Waals surface area contributed by atoms with E-state index in [2.05, 4.69) is 20.5 Å². The molecule has 2 aromatic heterocycles. The quantitative estimate of drug-likeness (QED) is 0.788. The number of pyridine rings is 1. The molecule has 0 atom stereocenters. The van der Waals surface area contributed by atoms with Crippen LogP contribution in [0.1, 0.15) is 26.6 Å². The summed E-state index contributed by atoms with van der Waals surface area (Å²) in [6, 6.07) is 7.70. The molecule has 5 nitrogen and oxygen atoms in total. The number of nitrogens with one attached hydrogen (secondary N) is 1. The van der Waals surface area contributed by atoms with Gasteiger partial charge in [0.2, 0.25) is 5.13 Å². The molecule has 1 aromatic carbocycles. The Bertz CT molecular complexity index is 841. The van der Waals surface area contributed by atoms with Gasteiger partial charge >= 0.3 is 0 Å². The van der Waals surface area contributed by atoms with Crippen LogP contribution < -0.4 is 5.32 Å². The van der Waals surface area contributed by atoms with Crippen LogP contribution in [0, 0.1) is 20.8 Å². The molecule has 3 aromatic rings. The first kappa shape index (κ1) is 13.6. The smallest absolute Gasteiger partial charge is 0.258 e. The summed E-state index contributed by atoms with van der Waals surface area (Å²) in [6.45, 7) is 5.73. The minimum atomic E-state index is -0.188. The molecule has 1 amide bonds. The largest absolute Gasteiger partial charge is 0.296 e. The fraction of sp³-hybridized carbons (Fsp3) is 0.200. The summed E-state index contributed by atoms with van der Waals surface area (Å²) in [5.41, 5.74) is 3.33. The Morgan fingerprint density at radius 1 is 1.14 bits per heavy atom. The highest BCUT2D eigenvalue weighted by atomic mass is 32.1. The lowest BCUT2D eigenvalue weighted by atomic mass is 10.0. The van der Waals surface area contributed by atoms with E-state index < -0.39 is 0 Å². The molecule has 0 bridgehead atoms. The molecule has 6 heteroatoms. The first-order valence-corrected chi connectivity index (χ1v) is 7.34. The number of hydrogen-bond acceptors (Lipinski definition) is 5. The van der Waals surface area contributed by atoms with Gasteiger partial charge in [-0.1, -0.05) is 23.0 Å². The molecule has 0 fully saturated rings. The Kier molecular flexibility index (Phi) is 3.39. The lowest BCUT2D eigenvalue weighted by Crippen LogP contribution is -2.13. The number of hydrogen-bond donors (Lipinski definition) is 1. The summed E-state index contributed by atoms with van der Waals surface area (Å²) in [6.07, 6.45) is 0. The SMILES string of the molecule is Cc1ccc2nc(C)cc(C(=O)Nc3nnc(C)s3)c2c1. The van der Waals surface area contributed by atoms with E-state index in [-0.39, 0.29) is 5.91 Å². The average Bonchev–Trinajstić information content (AvgIpc) is 2.83. The number of fused-ring (bicyclic) bond motifs is 1. The summed E-state index contributed by atoms with van der Waals surface area (Å²) in [5.74, 6) is -0.188. The predicted octanol–water partition coefficient (Wildman–Crippen LogP) is 3.26. The fourth-order valence-corrected chi connectivity index (χ4v) is 2.76. The molecule has 0 spiro atoms. The topological polar surface area (TPSA) is 67.8 Å². The number of aryl methyl sites for hydroxylation is 3. The van der Waals surface area contributed by atoms with Gasteiger partial charge < -0.3 is 0 Å². The summed E-state index contributed by atoms with van der Waals surface area (Å²) >= 11 is 1.35. The number of carbonyl (C=O) groups is 1. The second-order valence-electron chi connectivity index (χ2n) is 4.91. The summed E-state index contributed by atoms with van der Waals surface area (Å²) in [4.78, 5) is 17.0. The fourth-order valence-electron chi connectivity index (χ4n) is 2.17. The van der Waals surface area contributed by atoms with E-state index in [1.165, 1.54) is 11.3 Å². The normalized spacial score (nSPS) is 10.8. The van der Waals surface area contributed by atoms with Gasteiger partial charge in [0.25, 0.3) is 5.91 Å². The standard InChI is InChI=1S/C15H14N4OS/c1-8-4-5-13-11(6-8)12(7-9(2)16-13)14(20)17-15-19-18-10(3)21-15/h4-7H,1-3H3,(H,17,19,20). The molecular formula is C15H14N4OS. The zero-order valence-electron chi connectivity index (χ0n) is 12.0. The lowest BCUT2D eigenvalue weighted by molar-refractivity contribution is 0.102. The van der Waals surface area contributed by atoms with Crippen molar-refractivity contribution in [1.82, 2.24) is 15.2 Å². The Morgan fingerprint density at radius 2 is 1.95 bits per heavy atom. The molecule has 0 aliphatic heterocycles. The Labute approximate surface area is 126 Å². The van der Waals surface area contributed by atoms with Gasteiger partial charge in [-0.25, -0.2) is 0 Å². The van der Waals surface area contributed by atoms with E-state index in [9.17, 15) is 4.79 Å². The van der Waals surface area contributed by atoms with Crippen LogP contribution in [0.5, 0.6) is 0 Å². The van der Waals surface area contributed by atoms with E-state index in [1.54, 1.807) is 6.07 Å². The van der Waals surface area contributed by atoms with Crippen molar-refractivity contribution < 1.29 is 4.79 Å². The van der Waals surface area contributed by atoms with Crippen LogP contribution in [0.25, 0.3) is 10.9 Å². The van der Waals surface area contributed by atoms with Crippen LogP contribution in [0.4, 0.5) is 5.13 Å². The molecule has 0 radical (unpaired) electrons. The van der Waals surface area contributed by atoms with Crippen LogP contribution in [0.3, 0.4) is 0 Å². The highest BCUT2D eigenvalue weighted by molar-refractivity contribution is 7.15. The van der Waals surface area contributed by atoms with Gasteiger partial charge in [0.15, 0.2) is 0 Å². The third kappa shape index (κ3) is 2.75. The molecule has 0 aliphatic rings. The van der Waals surface area contributed by atoms with Gasteiger partial charge in [-0.2, -0.15) is 0 Å². The van der Waals surface area contributed by atoms with Gasteiger partial charge in [0.05, 0.1) is 11.1 Å². The molecule has 2 heterocycles. The van der Waals surface area contributed by atoms with E-state index in [1.807, 2.05) is 39.0 Å². The molecule has 106 valence electrons. The summed E-state index contributed by atoms with van der Waals surface area (Å²) in [7, 11) is 0. The molecule has 3 rings (SSSR count). The number of benzene rings is 1. The summed E-state index contributed by atoms with van der Waals surface area (Å²) < 4.78 is 0. The van der Waals surface area contributed by atoms with Crippen molar-refractivity contribution in [3.8, 4) is 0 Å². The number of nitrogens with zero attached hydrogens (tertiary/aromatic N) is 3. The van der Waals surface area contributed by atoms with Crippen molar-refractivity contribution in [2.45, 2.75) is 20.8 Å². The first-order chi connectivity index (χ1) is 10.0. The van der Waals surface area contributed by atoms with Crippen molar-refractivity contribution in [1.29, 1.82) is 0 Å². The Morgan fingerprint density at radius 3 is 2.67 bits per heavy atom. The molecule has 0 saturated heterocycles. The van der Waals surface area contributed by atoms with Crippen LogP contribution in [0.15, 0.2) is 24.3 Å². The maximum atomic E-state index is 12.5. The minimum Gasteiger partial charge on any atom is -0.296 e. The van der Waals surface area contributed by atoms with Gasteiger partial charge in [-0.3, -0.25) is 15.1 Å². The second-order valence-corrected chi connectivity index (χ2v) is 6.09. The third-order valence-electron chi connectivity index (χ3n) is 3.08. The molecule has 21 heavy (non-hydrogen) atoms. The lowest BCUT2D eigenvalue weighted by Gasteiger charge is -2.08. The Hall–Kier alpha value is -2.34. The minimum absolute atomic E-state index is 0.188. The number of aromatic nitrogens is 3. The highest BCUT2D eigenvalue weighted by Crippen LogP contribution is 2.22. The van der Waals surface area contributed by atoms with Crippen LogP contribution in [-0.2, 0) is 0 Å². The van der Waals surface area contributed by atoms with Crippen LogP contribution in [-0.4, -0.2) is 21.1 Å². The number of rotatable bonds is 2. The first-order valence-electron chi connectivity index (χ1n) is 6.52. The van der Waals surface area contributed by atoms with E-state index >= 15 is 0 Å². The van der Waals surface area contributed by atoms with Crippen molar-refractivity contribution in [3.63, 3.8) is 0 Å². The second kappa shape index (κ2) is 5.21. The van der Waals surface area contributed by atoms with E-state index in [4.69, 9.17) is 0 Å². The molecular weight excluding hydrogens is 284 g/mol. The van der Waals surface area contributed by atoms with Crippen molar-refractivity contribution >= 4 is 33.3 Å². The van der Waals surface area contributed by atoms with Gasteiger partial charge in [0.1, 0.15) is 5.01 Å². The summed E-state index contributed by atoms with van der Waals surface area (Å²) in [5, 5.41) is 12.8. The van der Waals surface area contributed by atoms with E-state index in [0.717, 1.165) is 27.2 Å². The van der Waals surface area contributed by atoms with E-state index in [0.29, 0.717) is 10.7 Å². The predicted molar refractivity (Wildman–Crippen MR) is 83.8 cm³/mol. The number of anilines is 1. The Balaban J connectivity index is 2.06. The van der Waals surface area contributed by atoms with Crippen molar-refractivity contribution in [3.05, 3.63) is 46.1 Å². The molecule has 0 saturated carbocycles. The zero-order chi connectivity index (χ0) is 15.0. The molecule has 0 unspecified atom stereocenters. The third-order valence-corrected chi connectivity index (χ3v) is 3.84. The van der Waals surface area contributed by atoms with Crippen LogP contribution >= 0.6 is 11.3 Å². The number of amides is 1. The van der Waals surface area contributed by atoms with Gasteiger partial charge in [-0.05, 0) is 39.0 Å². The maximum Gasteiger partial charge on any atom is 0.258 e. The van der Waals surface area contributed by atoms with Crippen molar-refractivity contribution in [2.75, 3.05) is 5.32 Å². The van der Waals surface area contributed by atoms with Gasteiger partial charge in [0, 0.05) is 11.1 Å². The molecule has 1 N–H and O–H groups in total. The zero-order valence-corrected chi connectivity index (χ0v) is 12.8. The molecule has 0 aliphatic carbocycles. The number of carbonyl (C=O) groups excluding carboxylic acids is 1. The van der Waals surface area contributed by atoms with Crippen LogP contribution in [0.2, 0.25) is 0 Å². The monoisotopic (exact) mass is 298 g/mol. The maximum absolute atomic E-state index is 12.5.